The number of benzene rings is 1. The molecule has 148 valence electrons. The smallest absolute Gasteiger partial charge is 0.303 e. The molecule has 1 unspecified atom stereocenters. The molecule has 1 fully saturated rings. The summed E-state index contributed by atoms with van der Waals surface area (Å²) in [5.41, 5.74) is 1.09. The van der Waals surface area contributed by atoms with E-state index in [1.807, 2.05) is 47.4 Å². The number of carboxylic acids is 1. The zero-order valence-electron chi connectivity index (χ0n) is 15.6. The second-order valence-corrected chi connectivity index (χ2v) is 8.02. The van der Waals surface area contributed by atoms with Crippen molar-refractivity contribution in [3.63, 3.8) is 0 Å². The Labute approximate surface area is 165 Å². The first kappa shape index (κ1) is 21.5. The number of nitrogens with zero attached hydrogens (tertiary/aromatic N) is 1. The Morgan fingerprint density at radius 3 is 2.81 bits per heavy atom. The zero-order chi connectivity index (χ0) is 19.5. The van der Waals surface area contributed by atoms with Gasteiger partial charge in [0.05, 0.1) is 12.1 Å². The van der Waals surface area contributed by atoms with Gasteiger partial charge in [0.2, 0.25) is 5.91 Å². The number of piperidine rings is 1. The molecule has 1 aromatic rings. The van der Waals surface area contributed by atoms with Crippen LogP contribution in [0.5, 0.6) is 0 Å². The third-order valence-corrected chi connectivity index (χ3v) is 5.66. The Morgan fingerprint density at radius 2 is 2.07 bits per heavy atom. The predicted octanol–water partition coefficient (Wildman–Crippen LogP) is 3.13. The number of rotatable bonds is 11. The fraction of sp³-hybridized carbons (Fsp3) is 0.524. The number of carboxylic acid groups (broad SMARTS) is 1. The molecule has 1 aliphatic heterocycles. The van der Waals surface area contributed by atoms with E-state index >= 15 is 0 Å². The van der Waals surface area contributed by atoms with Gasteiger partial charge in [-0.15, -0.1) is 0 Å². The second-order valence-electron chi connectivity index (χ2n) is 6.80. The summed E-state index contributed by atoms with van der Waals surface area (Å²) in [4.78, 5) is 24.7. The minimum atomic E-state index is -0.763. The van der Waals surface area contributed by atoms with E-state index in [4.69, 9.17) is 5.11 Å². The van der Waals surface area contributed by atoms with Crippen molar-refractivity contribution < 1.29 is 19.8 Å². The van der Waals surface area contributed by atoms with Crippen LogP contribution in [-0.4, -0.2) is 57.2 Å². The highest BCUT2D eigenvalue weighted by molar-refractivity contribution is 7.99. The van der Waals surface area contributed by atoms with Gasteiger partial charge < -0.3 is 15.1 Å². The third-order valence-electron chi connectivity index (χ3n) is 4.61. The number of hydrogen-bond acceptors (Lipinski definition) is 4. The van der Waals surface area contributed by atoms with Crippen LogP contribution in [0.15, 0.2) is 42.5 Å². The van der Waals surface area contributed by atoms with Gasteiger partial charge in [-0.05, 0) is 30.6 Å². The van der Waals surface area contributed by atoms with E-state index in [0.29, 0.717) is 25.8 Å². The lowest BCUT2D eigenvalue weighted by atomic mass is 10.00. The van der Waals surface area contributed by atoms with Crippen molar-refractivity contribution in [1.29, 1.82) is 0 Å². The molecule has 1 aromatic carbocycles. The lowest BCUT2D eigenvalue weighted by molar-refractivity contribution is -0.137. The Morgan fingerprint density at radius 1 is 1.30 bits per heavy atom. The molecular weight excluding hydrogens is 362 g/mol. The molecule has 2 N–H and O–H groups in total. The SMILES string of the molecule is O=C(O)CCCSCCN1C(=O)CCCC1/C=C/[C@H](O)Cc1ccccc1. The molecule has 5 nitrogen and oxygen atoms in total. The summed E-state index contributed by atoms with van der Waals surface area (Å²) in [5.74, 6) is 1.01. The molecule has 1 saturated heterocycles. The normalized spacial score (nSPS) is 18.8. The summed E-state index contributed by atoms with van der Waals surface area (Å²) in [6.07, 6.45) is 7.02. The third kappa shape index (κ3) is 8.18. The van der Waals surface area contributed by atoms with Crippen molar-refractivity contribution in [3.05, 3.63) is 48.0 Å². The van der Waals surface area contributed by atoms with Crippen LogP contribution >= 0.6 is 11.8 Å². The minimum Gasteiger partial charge on any atom is -0.481 e. The molecular formula is C21H29NO4S. The lowest BCUT2D eigenvalue weighted by Gasteiger charge is -2.34. The summed E-state index contributed by atoms with van der Waals surface area (Å²) in [6, 6.07) is 9.90. The highest BCUT2D eigenvalue weighted by Gasteiger charge is 2.25. The molecule has 0 aliphatic carbocycles. The number of likely N-dealkylation sites (tertiary alicyclic amines) is 1. The first-order valence-electron chi connectivity index (χ1n) is 9.55. The molecule has 1 amide bonds. The largest absolute Gasteiger partial charge is 0.481 e. The van der Waals surface area contributed by atoms with Crippen LogP contribution in [0.1, 0.15) is 37.7 Å². The van der Waals surface area contributed by atoms with Crippen LogP contribution < -0.4 is 0 Å². The van der Waals surface area contributed by atoms with Crippen molar-refractivity contribution in [2.75, 3.05) is 18.1 Å². The van der Waals surface area contributed by atoms with Gasteiger partial charge in [-0.2, -0.15) is 11.8 Å². The quantitative estimate of drug-likeness (QED) is 0.448. The molecule has 2 rings (SSSR count). The van der Waals surface area contributed by atoms with Gasteiger partial charge in [0, 0.05) is 31.6 Å². The van der Waals surface area contributed by atoms with E-state index in [1.54, 1.807) is 11.8 Å². The number of aliphatic carboxylic acids is 1. The first-order chi connectivity index (χ1) is 13.1. The molecule has 0 spiro atoms. The highest BCUT2D eigenvalue weighted by Crippen LogP contribution is 2.20. The highest BCUT2D eigenvalue weighted by atomic mass is 32.2. The van der Waals surface area contributed by atoms with Crippen molar-refractivity contribution in [3.8, 4) is 0 Å². The Bertz CT molecular complexity index is 620. The van der Waals surface area contributed by atoms with Crippen molar-refractivity contribution in [2.45, 2.75) is 50.7 Å². The van der Waals surface area contributed by atoms with Gasteiger partial charge in [0.15, 0.2) is 0 Å². The number of carbonyl (C=O) groups is 2. The molecule has 2 atom stereocenters. The molecule has 0 radical (unpaired) electrons. The van der Waals surface area contributed by atoms with E-state index in [9.17, 15) is 14.7 Å². The zero-order valence-corrected chi connectivity index (χ0v) is 16.4. The minimum absolute atomic E-state index is 0.0382. The maximum absolute atomic E-state index is 12.3. The van der Waals surface area contributed by atoms with E-state index in [0.717, 1.165) is 29.9 Å². The van der Waals surface area contributed by atoms with E-state index in [-0.39, 0.29) is 18.4 Å². The standard InChI is InChI=1S/C21H29NO4S/c23-19(16-17-6-2-1-3-7-17)12-11-18-8-4-9-20(24)22(18)13-15-27-14-5-10-21(25)26/h1-3,6-7,11-12,18-19,23H,4-5,8-10,13-16H2,(H,25,26)/b12-11+/t18?,19-/m0/s1. The fourth-order valence-electron chi connectivity index (χ4n) is 3.21. The van der Waals surface area contributed by atoms with Gasteiger partial charge in [-0.25, -0.2) is 0 Å². The number of aliphatic hydroxyl groups is 1. The summed E-state index contributed by atoms with van der Waals surface area (Å²) in [5, 5.41) is 18.9. The summed E-state index contributed by atoms with van der Waals surface area (Å²) in [6.45, 7) is 0.667. The molecule has 6 heteroatoms. The Hall–Kier alpha value is -1.79. The van der Waals surface area contributed by atoms with Crippen LogP contribution in [0.25, 0.3) is 0 Å². The van der Waals surface area contributed by atoms with Crippen LogP contribution in [-0.2, 0) is 16.0 Å². The first-order valence-corrected chi connectivity index (χ1v) is 10.7. The summed E-state index contributed by atoms with van der Waals surface area (Å²) in [7, 11) is 0. The molecule has 0 aromatic heterocycles. The van der Waals surface area contributed by atoms with E-state index in [2.05, 4.69) is 0 Å². The number of hydrogen-bond donors (Lipinski definition) is 2. The fourth-order valence-corrected chi connectivity index (χ4v) is 4.09. The monoisotopic (exact) mass is 391 g/mol. The average molecular weight is 392 g/mol. The van der Waals surface area contributed by atoms with Gasteiger partial charge in [-0.1, -0.05) is 42.5 Å². The number of aliphatic hydroxyl groups excluding tert-OH is 1. The molecule has 0 saturated carbocycles. The lowest BCUT2D eigenvalue weighted by Crippen LogP contribution is -2.43. The van der Waals surface area contributed by atoms with Crippen molar-refractivity contribution in [1.82, 2.24) is 4.90 Å². The van der Waals surface area contributed by atoms with Crippen LogP contribution in [0.2, 0.25) is 0 Å². The predicted molar refractivity (Wildman–Crippen MR) is 109 cm³/mol. The molecule has 1 aliphatic rings. The number of amides is 1. The average Bonchev–Trinajstić information content (AvgIpc) is 2.65. The van der Waals surface area contributed by atoms with Gasteiger partial charge >= 0.3 is 5.97 Å². The van der Waals surface area contributed by atoms with E-state index in [1.165, 1.54) is 0 Å². The molecule has 27 heavy (non-hydrogen) atoms. The molecule has 1 heterocycles. The topological polar surface area (TPSA) is 77.8 Å². The number of carbonyl (C=O) groups excluding carboxylic acids is 1. The van der Waals surface area contributed by atoms with Crippen molar-refractivity contribution in [2.24, 2.45) is 0 Å². The second kappa shape index (κ2) is 11.8. The van der Waals surface area contributed by atoms with Gasteiger partial charge in [0.25, 0.3) is 0 Å². The summed E-state index contributed by atoms with van der Waals surface area (Å²) < 4.78 is 0. The Balaban J connectivity index is 1.79. The van der Waals surface area contributed by atoms with Crippen molar-refractivity contribution >= 4 is 23.6 Å². The van der Waals surface area contributed by atoms with Gasteiger partial charge in [0.1, 0.15) is 0 Å². The molecule has 0 bridgehead atoms. The maximum Gasteiger partial charge on any atom is 0.303 e. The van der Waals surface area contributed by atoms with Crippen LogP contribution in [0, 0.1) is 0 Å². The number of thioether (sulfide) groups is 1. The summed E-state index contributed by atoms with van der Waals surface area (Å²) >= 11 is 1.69. The van der Waals surface area contributed by atoms with Gasteiger partial charge in [-0.3, -0.25) is 9.59 Å². The maximum atomic E-state index is 12.3. The van der Waals surface area contributed by atoms with Crippen LogP contribution in [0.4, 0.5) is 0 Å². The Kier molecular flexibility index (Phi) is 9.42. The van der Waals surface area contributed by atoms with E-state index < -0.39 is 12.1 Å². The van der Waals surface area contributed by atoms with Crippen LogP contribution in [0.3, 0.4) is 0 Å².